The molecule has 13 heavy (non-hydrogen) atoms. The summed E-state index contributed by atoms with van der Waals surface area (Å²) in [6, 6.07) is -2.44. The maximum atomic E-state index is 6.11. The molecule has 0 aromatic carbocycles. The summed E-state index contributed by atoms with van der Waals surface area (Å²) in [6.07, 6.45) is 7.47. The minimum absolute atomic E-state index is 0.422. The van der Waals surface area contributed by atoms with Crippen LogP contribution in [-0.4, -0.2) is 6.00 Å². The molecule has 0 spiro atoms. The molecule has 0 bridgehead atoms. The predicted octanol–water partition coefficient (Wildman–Crippen LogP) is 5.00. The molecule has 1 rings (SSSR count). The van der Waals surface area contributed by atoms with Gasteiger partial charge in [-0.25, -0.2) is 0 Å². The van der Waals surface area contributed by atoms with Crippen molar-refractivity contribution in [1.82, 2.24) is 0 Å². The topological polar surface area (TPSA) is 0 Å². The average Bonchev–Trinajstić information content (AvgIpc) is 2.04. The van der Waals surface area contributed by atoms with Crippen LogP contribution in [0.5, 0.6) is 0 Å². The summed E-state index contributed by atoms with van der Waals surface area (Å²) in [5, 5.41) is 0. The van der Waals surface area contributed by atoms with E-state index in [9.17, 15) is 0 Å². The van der Waals surface area contributed by atoms with Crippen LogP contribution in [0.15, 0.2) is 0 Å². The minimum atomic E-state index is -2.44. The highest BCUT2D eigenvalue weighted by molar-refractivity contribution is 7.65. The maximum absolute atomic E-state index is 6.11. The van der Waals surface area contributed by atoms with Gasteiger partial charge in [0.1, 0.15) is 0 Å². The zero-order chi connectivity index (χ0) is 9.90. The Bertz CT molecular complexity index is 153. The van der Waals surface area contributed by atoms with Gasteiger partial charge < -0.3 is 0 Å². The standard InChI is InChI=1S/C9H17Cl3Si/c1-2-5-8-6-3-4-7-9(8)13(10,11)12/h8-9H,2-7H2,1H3. The van der Waals surface area contributed by atoms with Gasteiger partial charge in [-0.05, 0) is 17.9 Å². The highest BCUT2D eigenvalue weighted by Gasteiger charge is 2.42. The lowest BCUT2D eigenvalue weighted by Gasteiger charge is -2.34. The molecular formula is C9H17Cl3Si. The lowest BCUT2D eigenvalue weighted by atomic mass is 9.85. The van der Waals surface area contributed by atoms with E-state index >= 15 is 0 Å². The third-order valence-corrected chi connectivity index (χ3v) is 7.11. The van der Waals surface area contributed by atoms with E-state index in [-0.39, 0.29) is 0 Å². The van der Waals surface area contributed by atoms with Gasteiger partial charge in [-0.3, -0.25) is 0 Å². The van der Waals surface area contributed by atoms with Crippen LogP contribution in [0.3, 0.4) is 0 Å². The Morgan fingerprint density at radius 2 is 1.77 bits per heavy atom. The van der Waals surface area contributed by atoms with Crippen molar-refractivity contribution in [1.29, 1.82) is 0 Å². The second kappa shape index (κ2) is 5.25. The van der Waals surface area contributed by atoms with Crippen LogP contribution in [0.2, 0.25) is 5.54 Å². The predicted molar refractivity (Wildman–Crippen MR) is 63.9 cm³/mol. The molecule has 0 heterocycles. The maximum Gasteiger partial charge on any atom is 0.344 e. The van der Waals surface area contributed by atoms with Gasteiger partial charge in [0.2, 0.25) is 0 Å². The van der Waals surface area contributed by atoms with Crippen molar-refractivity contribution in [2.24, 2.45) is 5.92 Å². The van der Waals surface area contributed by atoms with Crippen LogP contribution < -0.4 is 0 Å². The molecule has 0 N–H and O–H groups in total. The Balaban J connectivity index is 2.56. The molecule has 0 radical (unpaired) electrons. The fourth-order valence-electron chi connectivity index (χ4n) is 2.35. The van der Waals surface area contributed by atoms with E-state index in [2.05, 4.69) is 6.92 Å². The SMILES string of the molecule is CCCC1CCCCC1[Si](Cl)(Cl)Cl. The van der Waals surface area contributed by atoms with Crippen molar-refractivity contribution in [3.63, 3.8) is 0 Å². The number of halogens is 3. The molecule has 0 aromatic rings. The van der Waals surface area contributed by atoms with Crippen molar-refractivity contribution in [2.75, 3.05) is 0 Å². The molecule has 0 nitrogen and oxygen atoms in total. The van der Waals surface area contributed by atoms with Crippen LogP contribution >= 0.6 is 33.2 Å². The Hall–Kier alpha value is 1.09. The highest BCUT2D eigenvalue weighted by Crippen LogP contribution is 2.48. The molecule has 1 fully saturated rings. The summed E-state index contributed by atoms with van der Waals surface area (Å²) < 4.78 is 0. The normalized spacial score (nSPS) is 30.5. The van der Waals surface area contributed by atoms with Crippen LogP contribution in [0.1, 0.15) is 45.4 Å². The van der Waals surface area contributed by atoms with E-state index in [1.807, 2.05) is 0 Å². The lowest BCUT2D eigenvalue weighted by molar-refractivity contribution is 0.334. The summed E-state index contributed by atoms with van der Waals surface area (Å²) >= 11 is 18.3. The molecule has 78 valence electrons. The van der Waals surface area contributed by atoms with Crippen LogP contribution in [-0.2, 0) is 0 Å². The Morgan fingerprint density at radius 3 is 2.31 bits per heavy atom. The molecule has 1 aliphatic rings. The van der Waals surface area contributed by atoms with Gasteiger partial charge in [0.05, 0.1) is 0 Å². The monoisotopic (exact) mass is 258 g/mol. The first-order valence-corrected chi connectivity index (χ1v) is 10.2. The van der Waals surface area contributed by atoms with E-state index in [0.717, 1.165) is 6.42 Å². The van der Waals surface area contributed by atoms with Gasteiger partial charge in [-0.1, -0.05) is 39.0 Å². The molecular weight excluding hydrogens is 243 g/mol. The van der Waals surface area contributed by atoms with Crippen LogP contribution in [0.4, 0.5) is 0 Å². The fraction of sp³-hybridized carbons (Fsp3) is 1.00. The summed E-state index contributed by atoms with van der Waals surface area (Å²) in [4.78, 5) is 0. The Labute approximate surface area is 96.1 Å². The quantitative estimate of drug-likeness (QED) is 0.494. The fourth-order valence-corrected chi connectivity index (χ4v) is 6.34. The smallest absolute Gasteiger partial charge is 0.126 e. The summed E-state index contributed by atoms with van der Waals surface area (Å²) in [6.45, 7) is 2.21. The molecule has 0 aliphatic heterocycles. The summed E-state index contributed by atoms with van der Waals surface area (Å²) in [5.41, 5.74) is 0.422. The zero-order valence-corrected chi connectivity index (χ0v) is 11.3. The molecule has 2 unspecified atom stereocenters. The molecule has 0 saturated heterocycles. The molecule has 1 aliphatic carbocycles. The molecule has 0 aromatic heterocycles. The van der Waals surface area contributed by atoms with Gasteiger partial charge >= 0.3 is 6.00 Å². The van der Waals surface area contributed by atoms with E-state index in [0.29, 0.717) is 11.5 Å². The van der Waals surface area contributed by atoms with Gasteiger partial charge in [0.25, 0.3) is 0 Å². The van der Waals surface area contributed by atoms with Crippen molar-refractivity contribution in [3.05, 3.63) is 0 Å². The van der Waals surface area contributed by atoms with Gasteiger partial charge in [-0.2, -0.15) is 0 Å². The van der Waals surface area contributed by atoms with Crippen molar-refractivity contribution in [2.45, 2.75) is 51.0 Å². The second-order valence-electron chi connectivity index (χ2n) is 3.98. The highest BCUT2D eigenvalue weighted by atomic mass is 35.8. The zero-order valence-electron chi connectivity index (χ0n) is 8.03. The number of hydrogen-bond acceptors (Lipinski definition) is 0. The second-order valence-corrected chi connectivity index (χ2v) is 12.9. The van der Waals surface area contributed by atoms with E-state index in [1.165, 1.54) is 32.1 Å². The summed E-state index contributed by atoms with van der Waals surface area (Å²) in [5.74, 6) is 0.693. The van der Waals surface area contributed by atoms with E-state index in [4.69, 9.17) is 33.2 Å². The Morgan fingerprint density at radius 1 is 1.15 bits per heavy atom. The minimum Gasteiger partial charge on any atom is -0.126 e. The van der Waals surface area contributed by atoms with Gasteiger partial charge in [0.15, 0.2) is 0 Å². The van der Waals surface area contributed by atoms with Crippen LogP contribution in [0.25, 0.3) is 0 Å². The molecule has 0 amide bonds. The van der Waals surface area contributed by atoms with Crippen molar-refractivity contribution in [3.8, 4) is 0 Å². The van der Waals surface area contributed by atoms with E-state index < -0.39 is 6.00 Å². The third kappa shape index (κ3) is 3.62. The van der Waals surface area contributed by atoms with E-state index in [1.54, 1.807) is 0 Å². The van der Waals surface area contributed by atoms with Gasteiger partial charge in [0, 0.05) is 0 Å². The Kier molecular flexibility index (Phi) is 4.91. The first-order chi connectivity index (χ1) is 6.05. The molecule has 1 saturated carbocycles. The largest absolute Gasteiger partial charge is 0.344 e. The third-order valence-electron chi connectivity index (χ3n) is 2.99. The van der Waals surface area contributed by atoms with Crippen LogP contribution in [0, 0.1) is 5.92 Å². The lowest BCUT2D eigenvalue weighted by Crippen LogP contribution is -2.29. The van der Waals surface area contributed by atoms with Crippen molar-refractivity contribution < 1.29 is 0 Å². The number of hydrogen-bond donors (Lipinski definition) is 0. The molecule has 2 atom stereocenters. The first kappa shape index (κ1) is 12.2. The number of rotatable bonds is 3. The average molecular weight is 260 g/mol. The molecule has 4 heteroatoms. The van der Waals surface area contributed by atoms with Crippen molar-refractivity contribution >= 4 is 39.2 Å². The first-order valence-electron chi connectivity index (χ1n) is 5.12. The summed E-state index contributed by atoms with van der Waals surface area (Å²) in [7, 11) is 0. The van der Waals surface area contributed by atoms with Gasteiger partial charge in [-0.15, -0.1) is 33.2 Å².